The van der Waals surface area contributed by atoms with Gasteiger partial charge in [-0.1, -0.05) is 6.07 Å². The average Bonchev–Trinajstić information content (AvgIpc) is 3.24. The Balaban J connectivity index is 1.66. The first-order valence-corrected chi connectivity index (χ1v) is 8.86. The Labute approximate surface area is 145 Å². The molecule has 2 N–H and O–H groups in total. The summed E-state index contributed by atoms with van der Waals surface area (Å²) >= 11 is 3.06. The van der Waals surface area contributed by atoms with E-state index in [2.05, 4.69) is 15.3 Å². The molecule has 0 atom stereocenters. The van der Waals surface area contributed by atoms with Crippen molar-refractivity contribution < 1.29 is 9.90 Å². The number of imidazole rings is 1. The lowest BCUT2D eigenvalue weighted by Crippen LogP contribution is -1.97. The van der Waals surface area contributed by atoms with Crippen molar-refractivity contribution >= 4 is 44.4 Å². The number of fused-ring (bicyclic) bond motifs is 1. The third-order valence-electron chi connectivity index (χ3n) is 3.54. The van der Waals surface area contributed by atoms with E-state index in [-0.39, 0.29) is 5.56 Å². The highest BCUT2D eigenvalue weighted by Gasteiger charge is 2.15. The van der Waals surface area contributed by atoms with Crippen LogP contribution in [-0.4, -0.2) is 25.4 Å². The second-order valence-electron chi connectivity index (χ2n) is 5.15. The van der Waals surface area contributed by atoms with Gasteiger partial charge < -0.3 is 10.4 Å². The number of carboxylic acids is 1. The third kappa shape index (κ3) is 2.55. The number of hydrogen-bond acceptors (Lipinski definition) is 6. The standard InChI is InChI=1S/C16H12N4O2S2/c1-9-13(20-5-6-23-16(20)17-9)12-8-24-15(19-12)18-11-4-2-3-10(7-11)14(21)22/h2-8H,1H3,(H,18,19)(H,21,22). The summed E-state index contributed by atoms with van der Waals surface area (Å²) in [5.41, 5.74) is 3.70. The molecule has 0 radical (unpaired) electrons. The first-order valence-electron chi connectivity index (χ1n) is 7.10. The first-order chi connectivity index (χ1) is 11.6. The molecule has 0 fully saturated rings. The molecule has 4 rings (SSSR count). The molecule has 0 spiro atoms. The largest absolute Gasteiger partial charge is 0.478 e. The number of nitrogens with zero attached hydrogens (tertiary/aromatic N) is 3. The van der Waals surface area contributed by atoms with E-state index >= 15 is 0 Å². The van der Waals surface area contributed by atoms with Crippen molar-refractivity contribution in [2.45, 2.75) is 6.92 Å². The lowest BCUT2D eigenvalue weighted by Gasteiger charge is -2.03. The van der Waals surface area contributed by atoms with Crippen molar-refractivity contribution in [2.24, 2.45) is 0 Å². The van der Waals surface area contributed by atoms with Crippen LogP contribution < -0.4 is 5.32 Å². The molecule has 0 saturated carbocycles. The van der Waals surface area contributed by atoms with Crippen molar-refractivity contribution in [3.8, 4) is 11.4 Å². The third-order valence-corrected chi connectivity index (χ3v) is 5.06. The number of benzene rings is 1. The van der Waals surface area contributed by atoms with Crippen LogP contribution in [-0.2, 0) is 0 Å². The summed E-state index contributed by atoms with van der Waals surface area (Å²) in [5, 5.41) is 16.9. The zero-order chi connectivity index (χ0) is 16.7. The Morgan fingerprint density at radius 3 is 3.00 bits per heavy atom. The minimum atomic E-state index is -0.951. The normalized spacial score (nSPS) is 11.0. The highest BCUT2D eigenvalue weighted by molar-refractivity contribution is 7.15. The summed E-state index contributed by atoms with van der Waals surface area (Å²) in [6, 6.07) is 6.67. The molecule has 0 aliphatic heterocycles. The fourth-order valence-electron chi connectivity index (χ4n) is 2.50. The smallest absolute Gasteiger partial charge is 0.335 e. The van der Waals surface area contributed by atoms with Gasteiger partial charge in [0.1, 0.15) is 5.69 Å². The lowest BCUT2D eigenvalue weighted by molar-refractivity contribution is 0.0697. The second kappa shape index (κ2) is 5.73. The molecule has 24 heavy (non-hydrogen) atoms. The van der Waals surface area contributed by atoms with E-state index in [0.717, 1.165) is 22.0 Å². The second-order valence-corrected chi connectivity index (χ2v) is 6.88. The number of anilines is 2. The predicted molar refractivity (Wildman–Crippen MR) is 95.6 cm³/mol. The number of carbonyl (C=O) groups is 1. The highest BCUT2D eigenvalue weighted by atomic mass is 32.1. The van der Waals surface area contributed by atoms with Gasteiger partial charge in [-0.05, 0) is 25.1 Å². The van der Waals surface area contributed by atoms with Crippen LogP contribution in [0.25, 0.3) is 16.3 Å². The SMILES string of the molecule is Cc1nc2sccn2c1-c1csc(Nc2cccc(C(=O)O)c2)n1. The van der Waals surface area contributed by atoms with E-state index in [1.54, 1.807) is 29.5 Å². The molecule has 0 aliphatic carbocycles. The maximum absolute atomic E-state index is 11.1. The van der Waals surface area contributed by atoms with Gasteiger partial charge in [-0.15, -0.1) is 22.7 Å². The van der Waals surface area contributed by atoms with Crippen molar-refractivity contribution in [3.63, 3.8) is 0 Å². The van der Waals surface area contributed by atoms with Crippen molar-refractivity contribution in [2.75, 3.05) is 5.32 Å². The van der Waals surface area contributed by atoms with Gasteiger partial charge in [-0.25, -0.2) is 14.8 Å². The quantitative estimate of drug-likeness (QED) is 0.571. The maximum atomic E-state index is 11.1. The van der Waals surface area contributed by atoms with Crippen molar-refractivity contribution in [1.29, 1.82) is 0 Å². The molecular formula is C16H12N4O2S2. The number of carboxylic acid groups (broad SMARTS) is 1. The molecule has 6 nitrogen and oxygen atoms in total. The Kier molecular flexibility index (Phi) is 3.55. The average molecular weight is 356 g/mol. The lowest BCUT2D eigenvalue weighted by atomic mass is 10.2. The van der Waals surface area contributed by atoms with Gasteiger partial charge >= 0.3 is 5.97 Å². The van der Waals surface area contributed by atoms with Gasteiger partial charge in [-0.2, -0.15) is 0 Å². The summed E-state index contributed by atoms with van der Waals surface area (Å²) in [6.07, 6.45) is 1.98. The van der Waals surface area contributed by atoms with Gasteiger partial charge in [0.25, 0.3) is 0 Å². The maximum Gasteiger partial charge on any atom is 0.335 e. The van der Waals surface area contributed by atoms with E-state index in [1.165, 1.54) is 11.3 Å². The zero-order valence-corrected chi connectivity index (χ0v) is 14.2. The Hall–Kier alpha value is -2.71. The van der Waals surface area contributed by atoms with Crippen LogP contribution in [0.1, 0.15) is 16.1 Å². The topological polar surface area (TPSA) is 79.5 Å². The number of nitrogens with one attached hydrogen (secondary N) is 1. The molecule has 0 amide bonds. The summed E-state index contributed by atoms with van der Waals surface area (Å²) in [4.78, 5) is 21.1. The molecule has 0 bridgehead atoms. The fraction of sp³-hybridized carbons (Fsp3) is 0.0625. The molecule has 3 heterocycles. The highest BCUT2D eigenvalue weighted by Crippen LogP contribution is 2.31. The Bertz CT molecular complexity index is 1050. The molecule has 0 aliphatic rings. The van der Waals surface area contributed by atoms with E-state index in [1.807, 2.05) is 34.3 Å². The molecule has 4 aromatic rings. The van der Waals surface area contributed by atoms with Crippen molar-refractivity contribution in [1.82, 2.24) is 14.4 Å². The Morgan fingerprint density at radius 1 is 1.29 bits per heavy atom. The number of rotatable bonds is 4. The molecule has 0 unspecified atom stereocenters. The van der Waals surface area contributed by atoms with E-state index in [0.29, 0.717) is 10.8 Å². The zero-order valence-electron chi connectivity index (χ0n) is 12.6. The summed E-state index contributed by atoms with van der Waals surface area (Å²) in [5.74, 6) is -0.951. The molecule has 8 heteroatoms. The number of aromatic nitrogens is 3. The van der Waals surface area contributed by atoms with E-state index in [9.17, 15) is 4.79 Å². The van der Waals surface area contributed by atoms with Crippen LogP contribution in [0.2, 0.25) is 0 Å². The van der Waals surface area contributed by atoms with Gasteiger partial charge in [-0.3, -0.25) is 4.40 Å². The van der Waals surface area contributed by atoms with Crippen LogP contribution in [0.3, 0.4) is 0 Å². The fourth-order valence-corrected chi connectivity index (χ4v) is 3.97. The van der Waals surface area contributed by atoms with Crippen LogP contribution in [0, 0.1) is 6.92 Å². The van der Waals surface area contributed by atoms with Gasteiger partial charge in [0.15, 0.2) is 10.1 Å². The predicted octanol–water partition coefficient (Wildman–Crippen LogP) is 4.27. The molecule has 3 aromatic heterocycles. The number of aryl methyl sites for hydroxylation is 1. The first kappa shape index (κ1) is 14.9. The van der Waals surface area contributed by atoms with Crippen LogP contribution in [0.5, 0.6) is 0 Å². The van der Waals surface area contributed by atoms with E-state index in [4.69, 9.17) is 5.11 Å². The van der Waals surface area contributed by atoms with Crippen LogP contribution in [0.15, 0.2) is 41.2 Å². The minimum absolute atomic E-state index is 0.239. The van der Waals surface area contributed by atoms with Crippen molar-refractivity contribution in [3.05, 3.63) is 52.5 Å². The van der Waals surface area contributed by atoms with E-state index < -0.39 is 5.97 Å². The summed E-state index contributed by atoms with van der Waals surface area (Å²) in [7, 11) is 0. The van der Waals surface area contributed by atoms with Gasteiger partial charge in [0.05, 0.1) is 17.0 Å². The number of hydrogen-bond donors (Lipinski definition) is 2. The molecule has 1 aromatic carbocycles. The number of aromatic carboxylic acids is 1. The van der Waals surface area contributed by atoms with Crippen LogP contribution >= 0.6 is 22.7 Å². The summed E-state index contributed by atoms with van der Waals surface area (Å²) in [6.45, 7) is 1.97. The Morgan fingerprint density at radius 2 is 2.17 bits per heavy atom. The molecule has 0 saturated heterocycles. The molecule has 120 valence electrons. The number of thiazole rings is 2. The minimum Gasteiger partial charge on any atom is -0.478 e. The monoisotopic (exact) mass is 356 g/mol. The van der Waals surface area contributed by atoms with Gasteiger partial charge in [0, 0.05) is 22.6 Å². The molecular weight excluding hydrogens is 344 g/mol. The van der Waals surface area contributed by atoms with Crippen LogP contribution in [0.4, 0.5) is 10.8 Å². The van der Waals surface area contributed by atoms with Gasteiger partial charge in [0.2, 0.25) is 0 Å². The summed E-state index contributed by atoms with van der Waals surface area (Å²) < 4.78 is 2.03.